The Kier molecular flexibility index (Phi) is 5.37. The molecule has 1 saturated heterocycles. The van der Waals surface area contributed by atoms with Crippen molar-refractivity contribution in [1.82, 2.24) is 19.7 Å². The monoisotopic (exact) mass is 376 g/mol. The van der Waals surface area contributed by atoms with Crippen LogP contribution in [0.5, 0.6) is 5.75 Å². The zero-order valence-electron chi connectivity index (χ0n) is 16.0. The van der Waals surface area contributed by atoms with Crippen LogP contribution in [0.15, 0.2) is 54.6 Å². The second kappa shape index (κ2) is 8.25. The van der Waals surface area contributed by atoms with Crippen molar-refractivity contribution in [2.45, 2.75) is 25.7 Å². The Hall–Kier alpha value is -3.15. The van der Waals surface area contributed by atoms with Gasteiger partial charge in [0.05, 0.1) is 12.8 Å². The Bertz CT molecular complexity index is 944. The number of hydrogen-bond donors (Lipinski definition) is 0. The van der Waals surface area contributed by atoms with Crippen molar-refractivity contribution in [3.05, 3.63) is 60.4 Å². The fraction of sp³-hybridized carbons (Fsp3) is 0.318. The molecule has 1 aliphatic heterocycles. The topological polar surface area (TPSA) is 60.2 Å². The summed E-state index contributed by atoms with van der Waals surface area (Å²) in [5.74, 6) is 1.51. The standard InChI is InChI=1S/C22H24N4O2/c1-28-19-13-9-10-17(16-19)21-23-20(22(27)25-14-7-2-3-8-15-25)24-26(21)18-11-5-4-6-12-18/h4-6,9-13,16H,2-3,7-8,14-15H2,1H3. The van der Waals surface area contributed by atoms with E-state index in [4.69, 9.17) is 4.74 Å². The summed E-state index contributed by atoms with van der Waals surface area (Å²) in [5.41, 5.74) is 1.72. The molecule has 6 nitrogen and oxygen atoms in total. The van der Waals surface area contributed by atoms with Crippen molar-refractivity contribution in [2.75, 3.05) is 20.2 Å². The number of rotatable bonds is 4. The van der Waals surface area contributed by atoms with Gasteiger partial charge in [0.2, 0.25) is 5.82 Å². The molecule has 0 unspecified atom stereocenters. The van der Waals surface area contributed by atoms with Gasteiger partial charge in [0.1, 0.15) is 5.75 Å². The Labute approximate surface area is 164 Å². The zero-order chi connectivity index (χ0) is 19.3. The summed E-state index contributed by atoms with van der Waals surface area (Å²) in [6.45, 7) is 1.54. The molecule has 1 amide bonds. The maximum absolute atomic E-state index is 13.1. The van der Waals surface area contributed by atoms with Crippen LogP contribution in [-0.2, 0) is 0 Å². The minimum absolute atomic E-state index is 0.0965. The molecule has 2 aromatic carbocycles. The van der Waals surface area contributed by atoms with Gasteiger partial charge in [0.25, 0.3) is 5.91 Å². The predicted octanol–water partition coefficient (Wildman–Crippen LogP) is 3.96. The third-order valence-electron chi connectivity index (χ3n) is 5.02. The normalized spacial score (nSPS) is 14.5. The summed E-state index contributed by atoms with van der Waals surface area (Å²) >= 11 is 0. The molecular weight excluding hydrogens is 352 g/mol. The molecule has 28 heavy (non-hydrogen) atoms. The van der Waals surface area contributed by atoms with Crippen LogP contribution in [0.25, 0.3) is 17.1 Å². The molecule has 0 aliphatic carbocycles. The second-order valence-electron chi connectivity index (χ2n) is 6.94. The molecule has 6 heteroatoms. The van der Waals surface area contributed by atoms with E-state index in [1.54, 1.807) is 11.8 Å². The number of likely N-dealkylation sites (tertiary alicyclic amines) is 1. The van der Waals surface area contributed by atoms with Crippen LogP contribution in [0, 0.1) is 0 Å². The quantitative estimate of drug-likeness (QED) is 0.692. The number of carbonyl (C=O) groups excluding carboxylic acids is 1. The third-order valence-corrected chi connectivity index (χ3v) is 5.02. The molecule has 1 fully saturated rings. The number of amides is 1. The number of benzene rings is 2. The first-order chi connectivity index (χ1) is 13.8. The predicted molar refractivity (Wildman–Crippen MR) is 108 cm³/mol. The largest absolute Gasteiger partial charge is 0.497 e. The van der Waals surface area contributed by atoms with Crippen LogP contribution in [-0.4, -0.2) is 45.8 Å². The Morgan fingerprint density at radius 2 is 1.71 bits per heavy atom. The van der Waals surface area contributed by atoms with Gasteiger partial charge in [-0.25, -0.2) is 9.67 Å². The lowest BCUT2D eigenvalue weighted by Crippen LogP contribution is -2.32. The van der Waals surface area contributed by atoms with Gasteiger partial charge in [-0.15, -0.1) is 5.10 Å². The fourth-order valence-electron chi connectivity index (χ4n) is 3.52. The lowest BCUT2D eigenvalue weighted by molar-refractivity contribution is 0.0749. The zero-order valence-corrected chi connectivity index (χ0v) is 16.0. The van der Waals surface area contributed by atoms with Gasteiger partial charge >= 0.3 is 0 Å². The highest BCUT2D eigenvalue weighted by molar-refractivity contribution is 5.91. The molecule has 0 spiro atoms. The van der Waals surface area contributed by atoms with Crippen molar-refractivity contribution >= 4 is 5.91 Å². The molecule has 3 aromatic rings. The first kappa shape index (κ1) is 18.2. The number of hydrogen-bond acceptors (Lipinski definition) is 4. The summed E-state index contributed by atoms with van der Waals surface area (Å²) in [6.07, 6.45) is 4.41. The molecule has 1 aliphatic rings. The van der Waals surface area contributed by atoms with E-state index in [0.717, 1.165) is 42.9 Å². The SMILES string of the molecule is COc1cccc(-c2nc(C(=O)N3CCCCCC3)nn2-c2ccccc2)c1. The van der Waals surface area contributed by atoms with Crippen molar-refractivity contribution in [3.63, 3.8) is 0 Å². The summed E-state index contributed by atoms with van der Waals surface area (Å²) in [7, 11) is 1.63. The van der Waals surface area contributed by atoms with Crippen molar-refractivity contribution in [3.8, 4) is 22.8 Å². The van der Waals surface area contributed by atoms with Crippen molar-refractivity contribution < 1.29 is 9.53 Å². The summed E-state index contributed by atoms with van der Waals surface area (Å²) in [5, 5.41) is 4.59. The number of ether oxygens (including phenoxy) is 1. The highest BCUT2D eigenvalue weighted by atomic mass is 16.5. The minimum Gasteiger partial charge on any atom is -0.497 e. The maximum Gasteiger partial charge on any atom is 0.293 e. The Morgan fingerprint density at radius 3 is 2.43 bits per heavy atom. The molecule has 144 valence electrons. The van der Waals surface area contributed by atoms with Gasteiger partial charge in [-0.2, -0.15) is 0 Å². The molecule has 0 radical (unpaired) electrons. The molecule has 0 bridgehead atoms. The van der Waals surface area contributed by atoms with Gasteiger partial charge in [0, 0.05) is 18.7 Å². The first-order valence-corrected chi connectivity index (χ1v) is 9.72. The van der Waals surface area contributed by atoms with E-state index in [-0.39, 0.29) is 11.7 Å². The van der Waals surface area contributed by atoms with Crippen molar-refractivity contribution in [1.29, 1.82) is 0 Å². The van der Waals surface area contributed by atoms with Gasteiger partial charge in [-0.05, 0) is 37.1 Å². The Balaban J connectivity index is 1.76. The summed E-state index contributed by atoms with van der Waals surface area (Å²) in [4.78, 5) is 19.6. The lowest BCUT2D eigenvalue weighted by Gasteiger charge is -2.18. The highest BCUT2D eigenvalue weighted by Crippen LogP contribution is 2.25. The average Bonchev–Trinajstić information content (AvgIpc) is 3.02. The average molecular weight is 376 g/mol. The molecule has 1 aromatic heterocycles. The molecule has 0 atom stereocenters. The summed E-state index contributed by atoms with van der Waals surface area (Å²) in [6, 6.07) is 17.4. The number of nitrogens with zero attached hydrogens (tertiary/aromatic N) is 4. The molecule has 2 heterocycles. The van der Waals surface area contributed by atoms with Gasteiger partial charge < -0.3 is 9.64 Å². The highest BCUT2D eigenvalue weighted by Gasteiger charge is 2.24. The smallest absolute Gasteiger partial charge is 0.293 e. The first-order valence-electron chi connectivity index (χ1n) is 9.72. The number of methoxy groups -OCH3 is 1. The van der Waals surface area contributed by atoms with Crippen LogP contribution in [0.1, 0.15) is 36.3 Å². The van der Waals surface area contributed by atoms with E-state index in [9.17, 15) is 4.79 Å². The van der Waals surface area contributed by atoms with Gasteiger partial charge in [-0.3, -0.25) is 4.79 Å². The van der Waals surface area contributed by atoms with Gasteiger partial charge in [0.15, 0.2) is 5.82 Å². The van der Waals surface area contributed by atoms with Gasteiger partial charge in [-0.1, -0.05) is 43.2 Å². The van der Waals surface area contributed by atoms with E-state index < -0.39 is 0 Å². The molecular formula is C22H24N4O2. The lowest BCUT2D eigenvalue weighted by atomic mass is 10.2. The third kappa shape index (κ3) is 3.76. The number of carbonyl (C=O) groups is 1. The molecule has 4 rings (SSSR count). The maximum atomic E-state index is 13.1. The van der Waals surface area contributed by atoms with Crippen LogP contribution in [0.2, 0.25) is 0 Å². The van der Waals surface area contributed by atoms with E-state index in [1.807, 2.05) is 59.5 Å². The van der Waals surface area contributed by atoms with Crippen LogP contribution in [0.3, 0.4) is 0 Å². The Morgan fingerprint density at radius 1 is 0.964 bits per heavy atom. The second-order valence-corrected chi connectivity index (χ2v) is 6.94. The van der Waals surface area contributed by atoms with E-state index in [2.05, 4.69) is 10.1 Å². The van der Waals surface area contributed by atoms with E-state index in [0.29, 0.717) is 5.82 Å². The van der Waals surface area contributed by atoms with E-state index in [1.165, 1.54) is 12.8 Å². The van der Waals surface area contributed by atoms with Crippen LogP contribution >= 0.6 is 0 Å². The van der Waals surface area contributed by atoms with E-state index >= 15 is 0 Å². The minimum atomic E-state index is -0.0965. The molecule has 0 saturated carbocycles. The van der Waals surface area contributed by atoms with Crippen LogP contribution in [0.4, 0.5) is 0 Å². The number of para-hydroxylation sites is 1. The van der Waals surface area contributed by atoms with Crippen LogP contribution < -0.4 is 4.74 Å². The fourth-order valence-corrected chi connectivity index (χ4v) is 3.52. The van der Waals surface area contributed by atoms with Crippen molar-refractivity contribution in [2.24, 2.45) is 0 Å². The summed E-state index contributed by atoms with van der Waals surface area (Å²) < 4.78 is 7.09. The molecule has 0 N–H and O–H groups in total. The number of aromatic nitrogens is 3.